The van der Waals surface area contributed by atoms with Gasteiger partial charge >= 0.3 is 0 Å². The Morgan fingerprint density at radius 2 is 1.67 bits per heavy atom. The molecule has 0 saturated heterocycles. The van der Waals surface area contributed by atoms with Gasteiger partial charge in [-0.25, -0.2) is 0 Å². The van der Waals surface area contributed by atoms with E-state index in [4.69, 9.17) is 9.15 Å². The Morgan fingerprint density at radius 1 is 0.970 bits per heavy atom. The zero-order valence-electron chi connectivity index (χ0n) is 18.7. The molecular formula is C27H25N3O3. The molecule has 6 heteroatoms. The van der Waals surface area contributed by atoms with Crippen LogP contribution in [0.25, 0.3) is 22.9 Å². The van der Waals surface area contributed by atoms with Gasteiger partial charge in [0, 0.05) is 29.3 Å². The lowest BCUT2D eigenvalue weighted by molar-refractivity contribution is 0.0730. The van der Waals surface area contributed by atoms with Gasteiger partial charge in [-0.3, -0.25) is 4.79 Å². The third-order valence-corrected chi connectivity index (χ3v) is 5.83. The summed E-state index contributed by atoms with van der Waals surface area (Å²) in [6.07, 6.45) is 2.09. The van der Waals surface area contributed by atoms with Gasteiger partial charge in [0.05, 0.1) is 7.11 Å². The van der Waals surface area contributed by atoms with Gasteiger partial charge in [0.15, 0.2) is 0 Å². The van der Waals surface area contributed by atoms with E-state index in [2.05, 4.69) is 10.2 Å². The number of aromatic nitrogens is 2. The van der Waals surface area contributed by atoms with Crippen LogP contribution in [0.1, 0.15) is 34.3 Å². The van der Waals surface area contributed by atoms with Gasteiger partial charge in [-0.05, 0) is 73.9 Å². The molecule has 4 aromatic rings. The van der Waals surface area contributed by atoms with Crippen LogP contribution in [0.15, 0.2) is 77.2 Å². The quantitative estimate of drug-likeness (QED) is 0.379. The van der Waals surface area contributed by atoms with Gasteiger partial charge in [-0.1, -0.05) is 29.8 Å². The summed E-state index contributed by atoms with van der Waals surface area (Å²) in [5.74, 6) is 1.76. The number of hydrogen-bond donors (Lipinski definition) is 0. The maximum absolute atomic E-state index is 13.3. The van der Waals surface area contributed by atoms with E-state index in [1.165, 1.54) is 0 Å². The van der Waals surface area contributed by atoms with Crippen molar-refractivity contribution in [3.8, 4) is 28.7 Å². The number of amides is 1. The average Bonchev–Trinajstić information content (AvgIpc) is 3.57. The molecule has 0 N–H and O–H groups in total. The van der Waals surface area contributed by atoms with E-state index >= 15 is 0 Å². The van der Waals surface area contributed by atoms with Crippen LogP contribution in [0.2, 0.25) is 0 Å². The molecule has 1 heterocycles. The first-order valence-electron chi connectivity index (χ1n) is 11.1. The van der Waals surface area contributed by atoms with Gasteiger partial charge in [0.1, 0.15) is 5.75 Å². The highest BCUT2D eigenvalue weighted by Gasteiger charge is 2.33. The number of aryl methyl sites for hydroxylation is 1. The van der Waals surface area contributed by atoms with Crippen molar-refractivity contribution in [3.63, 3.8) is 0 Å². The molecular weight excluding hydrogens is 414 g/mol. The summed E-state index contributed by atoms with van der Waals surface area (Å²) in [4.78, 5) is 15.2. The fourth-order valence-electron chi connectivity index (χ4n) is 3.84. The molecule has 1 fully saturated rings. The normalized spacial score (nSPS) is 13.0. The zero-order valence-corrected chi connectivity index (χ0v) is 18.7. The predicted octanol–water partition coefficient (Wildman–Crippen LogP) is 5.53. The average molecular weight is 440 g/mol. The summed E-state index contributed by atoms with van der Waals surface area (Å²) in [5.41, 5.74) is 4.54. The lowest BCUT2D eigenvalue weighted by atomic mass is 10.1. The van der Waals surface area contributed by atoms with Crippen LogP contribution in [0.3, 0.4) is 0 Å². The smallest absolute Gasteiger partial charge is 0.254 e. The minimum atomic E-state index is 0.0332. The van der Waals surface area contributed by atoms with Gasteiger partial charge in [0.25, 0.3) is 5.91 Å². The van der Waals surface area contributed by atoms with Gasteiger partial charge in [-0.2, -0.15) is 0 Å². The summed E-state index contributed by atoms with van der Waals surface area (Å²) < 4.78 is 11.1. The number of benzene rings is 3. The predicted molar refractivity (Wildman–Crippen MR) is 126 cm³/mol. The van der Waals surface area contributed by atoms with Crippen LogP contribution in [0, 0.1) is 6.92 Å². The standard InChI is InChI=1S/C27H25N3O3/c1-18-4-3-5-22(16-18)26-29-28-25(33-26)20-8-10-21(11-9-20)27(31)30(23-12-13-23)17-19-6-14-24(32-2)15-7-19/h3-11,14-16,23H,12-13,17H2,1-2H3. The van der Waals surface area contributed by atoms with Gasteiger partial charge in [-0.15, -0.1) is 10.2 Å². The lowest BCUT2D eigenvalue weighted by Gasteiger charge is -2.23. The maximum Gasteiger partial charge on any atom is 0.254 e. The van der Waals surface area contributed by atoms with E-state index in [0.717, 1.165) is 40.8 Å². The number of methoxy groups -OCH3 is 1. The van der Waals surface area contributed by atoms with Gasteiger partial charge in [0.2, 0.25) is 11.8 Å². The third kappa shape index (κ3) is 4.65. The molecule has 0 bridgehead atoms. The minimum absolute atomic E-state index is 0.0332. The van der Waals surface area contributed by atoms with Gasteiger partial charge < -0.3 is 14.1 Å². The monoisotopic (exact) mass is 439 g/mol. The van der Waals surface area contributed by atoms with Crippen LogP contribution in [0.5, 0.6) is 5.75 Å². The van der Waals surface area contributed by atoms with Crippen LogP contribution in [0.4, 0.5) is 0 Å². The van der Waals surface area contributed by atoms with Crippen LogP contribution in [-0.2, 0) is 6.54 Å². The first kappa shape index (κ1) is 20.9. The third-order valence-electron chi connectivity index (χ3n) is 5.83. The van der Waals surface area contributed by atoms with Crippen molar-refractivity contribution in [2.75, 3.05) is 7.11 Å². The molecule has 33 heavy (non-hydrogen) atoms. The molecule has 1 aromatic heterocycles. The van der Waals surface area contributed by atoms with Crippen molar-refractivity contribution < 1.29 is 13.9 Å². The fraction of sp³-hybridized carbons (Fsp3) is 0.222. The first-order valence-corrected chi connectivity index (χ1v) is 11.1. The van der Waals surface area contributed by atoms with Crippen LogP contribution >= 0.6 is 0 Å². The summed E-state index contributed by atoms with van der Waals surface area (Å²) >= 11 is 0. The second-order valence-electron chi connectivity index (χ2n) is 8.37. The number of ether oxygens (including phenoxy) is 1. The van der Waals surface area contributed by atoms with Crippen molar-refractivity contribution in [1.82, 2.24) is 15.1 Å². The number of nitrogens with zero attached hydrogens (tertiary/aromatic N) is 3. The minimum Gasteiger partial charge on any atom is -0.497 e. The molecule has 0 atom stereocenters. The van der Waals surface area contributed by atoms with E-state index in [1.54, 1.807) is 7.11 Å². The molecule has 1 aliphatic rings. The highest BCUT2D eigenvalue weighted by molar-refractivity contribution is 5.95. The Bertz CT molecular complexity index is 1260. The first-order chi connectivity index (χ1) is 16.1. The molecule has 1 saturated carbocycles. The number of rotatable bonds is 7. The van der Waals surface area contributed by atoms with Crippen molar-refractivity contribution in [2.45, 2.75) is 32.4 Å². The molecule has 0 radical (unpaired) electrons. The number of carbonyl (C=O) groups excluding carboxylic acids is 1. The molecule has 1 aliphatic carbocycles. The second kappa shape index (κ2) is 8.90. The summed E-state index contributed by atoms with van der Waals surface area (Å²) in [5, 5.41) is 8.37. The van der Waals surface area contributed by atoms with E-state index < -0.39 is 0 Å². The zero-order chi connectivity index (χ0) is 22.8. The summed E-state index contributed by atoms with van der Waals surface area (Å²) in [7, 11) is 1.65. The summed E-state index contributed by atoms with van der Waals surface area (Å²) in [6, 6.07) is 23.5. The second-order valence-corrected chi connectivity index (χ2v) is 8.37. The summed E-state index contributed by atoms with van der Waals surface area (Å²) in [6.45, 7) is 2.61. The molecule has 5 rings (SSSR count). The lowest BCUT2D eigenvalue weighted by Crippen LogP contribution is -2.32. The molecule has 0 spiro atoms. The molecule has 0 unspecified atom stereocenters. The Balaban J connectivity index is 1.32. The SMILES string of the molecule is COc1ccc(CN(C(=O)c2ccc(-c3nnc(-c4cccc(C)c4)o3)cc2)C2CC2)cc1. The molecule has 3 aromatic carbocycles. The van der Waals surface area contributed by atoms with E-state index in [0.29, 0.717) is 29.9 Å². The van der Waals surface area contributed by atoms with Crippen molar-refractivity contribution in [3.05, 3.63) is 89.5 Å². The maximum atomic E-state index is 13.3. The van der Waals surface area contributed by atoms with Crippen LogP contribution in [-0.4, -0.2) is 34.2 Å². The topological polar surface area (TPSA) is 68.5 Å². The van der Waals surface area contributed by atoms with E-state index in [-0.39, 0.29) is 5.91 Å². The van der Waals surface area contributed by atoms with Crippen molar-refractivity contribution in [1.29, 1.82) is 0 Å². The molecule has 1 amide bonds. The largest absolute Gasteiger partial charge is 0.497 e. The Kier molecular flexibility index (Phi) is 5.65. The number of hydrogen-bond acceptors (Lipinski definition) is 5. The Labute approximate surface area is 192 Å². The van der Waals surface area contributed by atoms with Crippen molar-refractivity contribution in [2.24, 2.45) is 0 Å². The highest BCUT2D eigenvalue weighted by atomic mass is 16.5. The van der Waals surface area contributed by atoms with Crippen molar-refractivity contribution >= 4 is 5.91 Å². The number of carbonyl (C=O) groups is 1. The highest BCUT2D eigenvalue weighted by Crippen LogP contribution is 2.31. The van der Waals surface area contributed by atoms with E-state index in [9.17, 15) is 4.79 Å². The molecule has 0 aliphatic heterocycles. The Hall–Kier alpha value is -3.93. The molecule has 166 valence electrons. The molecule has 6 nitrogen and oxygen atoms in total. The fourth-order valence-corrected chi connectivity index (χ4v) is 3.84. The van der Waals surface area contributed by atoms with E-state index in [1.807, 2.05) is 84.6 Å². The Morgan fingerprint density at radius 3 is 2.30 bits per heavy atom. The van der Waals surface area contributed by atoms with Crippen LogP contribution < -0.4 is 4.74 Å².